The largest absolute Gasteiger partial charge is 0.314 e. The van der Waals surface area contributed by atoms with Gasteiger partial charge in [0.1, 0.15) is 0 Å². The maximum absolute atomic E-state index is 4.23. The van der Waals surface area contributed by atoms with Gasteiger partial charge < -0.3 is 5.32 Å². The van der Waals surface area contributed by atoms with Crippen LogP contribution in [-0.4, -0.2) is 21.3 Å². The molecule has 1 saturated heterocycles. The van der Waals surface area contributed by atoms with Crippen LogP contribution in [0.3, 0.4) is 0 Å². The lowest BCUT2D eigenvalue weighted by Crippen LogP contribution is -2.30. The topological polar surface area (TPSA) is 37.8 Å². The van der Waals surface area contributed by atoms with E-state index in [1.807, 2.05) is 6.20 Å². The number of hydrogen-bond donors (Lipinski definition) is 1. The SMILES string of the molecule is c1nsnc1CC1CCCCCN1. The van der Waals surface area contributed by atoms with Crippen LogP contribution in [0.1, 0.15) is 31.4 Å². The first-order chi connectivity index (χ1) is 6.45. The van der Waals surface area contributed by atoms with E-state index in [-0.39, 0.29) is 0 Å². The first kappa shape index (κ1) is 9.09. The molecule has 2 heterocycles. The molecule has 1 unspecified atom stereocenters. The van der Waals surface area contributed by atoms with Gasteiger partial charge >= 0.3 is 0 Å². The van der Waals surface area contributed by atoms with Crippen LogP contribution in [0.4, 0.5) is 0 Å². The zero-order chi connectivity index (χ0) is 8.93. The third kappa shape index (κ3) is 2.74. The molecule has 1 aromatic heterocycles. The summed E-state index contributed by atoms with van der Waals surface area (Å²) in [6, 6.07) is 0.631. The summed E-state index contributed by atoms with van der Waals surface area (Å²) in [6.45, 7) is 1.17. The van der Waals surface area contributed by atoms with Gasteiger partial charge in [-0.3, -0.25) is 0 Å². The Labute approximate surface area is 82.9 Å². The molecule has 1 fully saturated rings. The number of aromatic nitrogens is 2. The Kier molecular flexibility index (Phi) is 3.27. The molecule has 72 valence electrons. The van der Waals surface area contributed by atoms with Gasteiger partial charge in [-0.05, 0) is 19.4 Å². The lowest BCUT2D eigenvalue weighted by molar-refractivity contribution is 0.504. The lowest BCUT2D eigenvalue weighted by Gasteiger charge is -2.13. The van der Waals surface area contributed by atoms with Crippen LogP contribution in [0.15, 0.2) is 6.20 Å². The molecule has 0 bridgehead atoms. The van der Waals surface area contributed by atoms with Gasteiger partial charge in [-0.1, -0.05) is 12.8 Å². The van der Waals surface area contributed by atoms with Crippen molar-refractivity contribution in [1.29, 1.82) is 0 Å². The molecule has 1 aliphatic heterocycles. The fourth-order valence-electron chi connectivity index (χ4n) is 1.80. The third-order valence-corrected chi connectivity index (χ3v) is 3.04. The van der Waals surface area contributed by atoms with Crippen molar-refractivity contribution >= 4 is 11.7 Å². The van der Waals surface area contributed by atoms with Crippen molar-refractivity contribution in [3.63, 3.8) is 0 Å². The van der Waals surface area contributed by atoms with Crippen LogP contribution >= 0.6 is 11.7 Å². The lowest BCUT2D eigenvalue weighted by atomic mass is 10.1. The van der Waals surface area contributed by atoms with E-state index in [1.165, 1.54) is 44.0 Å². The Morgan fingerprint density at radius 3 is 3.31 bits per heavy atom. The Morgan fingerprint density at radius 1 is 1.46 bits per heavy atom. The minimum atomic E-state index is 0.631. The summed E-state index contributed by atoms with van der Waals surface area (Å²) >= 11 is 1.31. The predicted molar refractivity (Wildman–Crippen MR) is 53.9 cm³/mol. The molecular weight excluding hydrogens is 182 g/mol. The molecular formula is C9H15N3S. The average molecular weight is 197 g/mol. The van der Waals surface area contributed by atoms with Crippen LogP contribution in [0.5, 0.6) is 0 Å². The normalized spacial score (nSPS) is 24.2. The molecule has 2 rings (SSSR count). The second kappa shape index (κ2) is 4.67. The molecule has 0 aromatic carbocycles. The zero-order valence-electron chi connectivity index (χ0n) is 7.70. The number of hydrogen-bond acceptors (Lipinski definition) is 4. The van der Waals surface area contributed by atoms with E-state index in [1.54, 1.807) is 0 Å². The summed E-state index contributed by atoms with van der Waals surface area (Å²) in [6.07, 6.45) is 8.28. The molecule has 1 N–H and O–H groups in total. The van der Waals surface area contributed by atoms with Crippen molar-refractivity contribution in [1.82, 2.24) is 14.1 Å². The smallest absolute Gasteiger partial charge is 0.0758 e. The van der Waals surface area contributed by atoms with Gasteiger partial charge in [0.05, 0.1) is 23.6 Å². The van der Waals surface area contributed by atoms with Gasteiger partial charge in [0.25, 0.3) is 0 Å². The van der Waals surface area contributed by atoms with Crippen molar-refractivity contribution in [3.05, 3.63) is 11.9 Å². The van der Waals surface area contributed by atoms with Crippen LogP contribution in [0.2, 0.25) is 0 Å². The highest BCUT2D eigenvalue weighted by atomic mass is 32.1. The van der Waals surface area contributed by atoms with Gasteiger partial charge in [0.15, 0.2) is 0 Å². The molecule has 0 spiro atoms. The first-order valence-corrected chi connectivity index (χ1v) is 5.68. The van der Waals surface area contributed by atoms with E-state index in [0.29, 0.717) is 6.04 Å². The molecule has 1 aromatic rings. The highest BCUT2D eigenvalue weighted by Gasteiger charge is 2.12. The fraction of sp³-hybridized carbons (Fsp3) is 0.778. The molecule has 0 radical (unpaired) electrons. The minimum absolute atomic E-state index is 0.631. The Morgan fingerprint density at radius 2 is 2.46 bits per heavy atom. The zero-order valence-corrected chi connectivity index (χ0v) is 8.52. The quantitative estimate of drug-likeness (QED) is 0.782. The minimum Gasteiger partial charge on any atom is -0.314 e. The van der Waals surface area contributed by atoms with Crippen molar-refractivity contribution < 1.29 is 0 Å². The van der Waals surface area contributed by atoms with E-state index in [4.69, 9.17) is 0 Å². The Balaban J connectivity index is 1.86. The van der Waals surface area contributed by atoms with Gasteiger partial charge in [0, 0.05) is 12.5 Å². The maximum Gasteiger partial charge on any atom is 0.0758 e. The van der Waals surface area contributed by atoms with Crippen molar-refractivity contribution in [2.45, 2.75) is 38.1 Å². The Hall–Kier alpha value is -0.480. The fourth-order valence-corrected chi connectivity index (χ4v) is 2.24. The molecule has 4 heteroatoms. The second-order valence-corrected chi connectivity index (χ2v) is 4.16. The standard InChI is InChI=1S/C9H15N3S/c1-2-4-8(10-5-3-1)6-9-7-11-13-12-9/h7-8,10H,1-6H2. The van der Waals surface area contributed by atoms with Gasteiger partial charge in [-0.15, -0.1) is 0 Å². The molecule has 3 nitrogen and oxygen atoms in total. The molecule has 13 heavy (non-hydrogen) atoms. The summed E-state index contributed by atoms with van der Waals surface area (Å²) in [4.78, 5) is 0. The highest BCUT2D eigenvalue weighted by Crippen LogP contribution is 2.11. The molecule has 0 aliphatic carbocycles. The number of nitrogens with zero attached hydrogens (tertiary/aromatic N) is 2. The average Bonchev–Trinajstić information content (AvgIpc) is 2.49. The maximum atomic E-state index is 4.23. The summed E-state index contributed by atoms with van der Waals surface area (Å²) in [5.74, 6) is 0. The molecule has 1 aliphatic rings. The third-order valence-electron chi connectivity index (χ3n) is 2.52. The molecule has 1 atom stereocenters. The van der Waals surface area contributed by atoms with E-state index >= 15 is 0 Å². The van der Waals surface area contributed by atoms with E-state index in [0.717, 1.165) is 12.1 Å². The summed E-state index contributed by atoms with van der Waals surface area (Å²) in [5.41, 5.74) is 1.14. The predicted octanol–water partition coefficient (Wildman–Crippen LogP) is 1.61. The van der Waals surface area contributed by atoms with E-state index in [2.05, 4.69) is 14.1 Å². The van der Waals surface area contributed by atoms with Crippen molar-refractivity contribution in [3.8, 4) is 0 Å². The molecule has 0 saturated carbocycles. The summed E-state index contributed by atoms with van der Waals surface area (Å²) in [7, 11) is 0. The Bertz CT molecular complexity index is 227. The number of nitrogens with one attached hydrogen (secondary N) is 1. The molecule has 0 amide bonds. The highest BCUT2D eigenvalue weighted by molar-refractivity contribution is 6.99. The summed E-state index contributed by atoms with van der Waals surface area (Å²) < 4.78 is 8.25. The van der Waals surface area contributed by atoms with E-state index < -0.39 is 0 Å². The van der Waals surface area contributed by atoms with Crippen LogP contribution < -0.4 is 5.32 Å². The van der Waals surface area contributed by atoms with E-state index in [9.17, 15) is 0 Å². The monoisotopic (exact) mass is 197 g/mol. The van der Waals surface area contributed by atoms with Crippen molar-refractivity contribution in [2.75, 3.05) is 6.54 Å². The summed E-state index contributed by atoms with van der Waals surface area (Å²) in [5, 5.41) is 3.56. The van der Waals surface area contributed by atoms with Gasteiger partial charge in [0.2, 0.25) is 0 Å². The van der Waals surface area contributed by atoms with Gasteiger partial charge in [-0.2, -0.15) is 8.75 Å². The first-order valence-electron chi connectivity index (χ1n) is 4.95. The van der Waals surface area contributed by atoms with Gasteiger partial charge in [-0.25, -0.2) is 0 Å². The second-order valence-electron chi connectivity index (χ2n) is 3.60. The van der Waals surface area contributed by atoms with Crippen LogP contribution in [0, 0.1) is 0 Å². The van der Waals surface area contributed by atoms with Crippen LogP contribution in [-0.2, 0) is 6.42 Å². The van der Waals surface area contributed by atoms with Crippen LogP contribution in [0.25, 0.3) is 0 Å². The van der Waals surface area contributed by atoms with Crippen molar-refractivity contribution in [2.24, 2.45) is 0 Å². The number of rotatable bonds is 2.